The third-order valence-electron chi connectivity index (χ3n) is 4.73. The van der Waals surface area contributed by atoms with Crippen LogP contribution in [-0.2, 0) is 6.54 Å². The number of nitrogens with zero attached hydrogens (tertiary/aromatic N) is 4. The summed E-state index contributed by atoms with van der Waals surface area (Å²) in [6.45, 7) is 3.69. The van der Waals surface area contributed by atoms with Gasteiger partial charge < -0.3 is 10.0 Å². The van der Waals surface area contributed by atoms with Crippen molar-refractivity contribution in [1.29, 1.82) is 0 Å². The molecule has 1 saturated heterocycles. The van der Waals surface area contributed by atoms with E-state index < -0.39 is 5.60 Å². The fourth-order valence-electron chi connectivity index (χ4n) is 3.57. The van der Waals surface area contributed by atoms with Gasteiger partial charge in [0.25, 0.3) is 0 Å². The molecule has 2 aromatic rings. The van der Waals surface area contributed by atoms with Gasteiger partial charge in [-0.2, -0.15) is 5.10 Å². The second-order valence-electron chi connectivity index (χ2n) is 7.21. The summed E-state index contributed by atoms with van der Waals surface area (Å²) in [6.07, 6.45) is 6.53. The summed E-state index contributed by atoms with van der Waals surface area (Å²) in [5.74, 6) is 0. The van der Waals surface area contributed by atoms with Crippen LogP contribution in [0.1, 0.15) is 24.8 Å². The number of hydrogen-bond acceptors (Lipinski definition) is 4. The molecule has 0 radical (unpaired) electrons. The Kier molecular flexibility index (Phi) is 5.33. The molecule has 2 heterocycles. The second-order valence-corrected chi connectivity index (χ2v) is 7.21. The Hall–Kier alpha value is -1.69. The van der Waals surface area contributed by atoms with Gasteiger partial charge in [-0.1, -0.05) is 12.1 Å². The Bertz CT molecular complexity index is 623. The maximum Gasteiger partial charge on any atom is 0.0786 e. The van der Waals surface area contributed by atoms with Crippen LogP contribution in [0.15, 0.2) is 42.7 Å². The smallest absolute Gasteiger partial charge is 0.0786 e. The van der Waals surface area contributed by atoms with E-state index in [1.165, 1.54) is 5.56 Å². The highest BCUT2D eigenvalue weighted by Crippen LogP contribution is 2.24. The van der Waals surface area contributed by atoms with Crippen LogP contribution in [0.3, 0.4) is 0 Å². The summed E-state index contributed by atoms with van der Waals surface area (Å²) in [7, 11) is 4.06. The van der Waals surface area contributed by atoms with Gasteiger partial charge >= 0.3 is 0 Å². The molecular weight excluding hydrogens is 300 g/mol. The van der Waals surface area contributed by atoms with E-state index in [4.69, 9.17) is 0 Å². The number of likely N-dealkylation sites (tertiary alicyclic amines) is 1. The van der Waals surface area contributed by atoms with Gasteiger partial charge in [0.15, 0.2) is 0 Å². The van der Waals surface area contributed by atoms with Gasteiger partial charge in [0, 0.05) is 32.0 Å². The van der Waals surface area contributed by atoms with Gasteiger partial charge in [-0.15, -0.1) is 0 Å². The normalized spacial score (nSPS) is 22.7. The third-order valence-corrected chi connectivity index (χ3v) is 4.73. The van der Waals surface area contributed by atoms with Crippen molar-refractivity contribution in [1.82, 2.24) is 19.6 Å². The number of aromatic nitrogens is 2. The van der Waals surface area contributed by atoms with Gasteiger partial charge in [0.1, 0.15) is 0 Å². The SMILES string of the molecule is CN(C)C[C@@]1(O)CCCN(Cc2ccc(-n3cccn3)cc2)CC1. The molecule has 0 unspecified atom stereocenters. The highest BCUT2D eigenvalue weighted by atomic mass is 16.3. The maximum absolute atomic E-state index is 10.8. The van der Waals surface area contributed by atoms with E-state index in [1.54, 1.807) is 6.20 Å². The maximum atomic E-state index is 10.8. The van der Waals surface area contributed by atoms with Crippen molar-refractivity contribution in [3.05, 3.63) is 48.3 Å². The molecule has 0 spiro atoms. The van der Waals surface area contributed by atoms with E-state index in [0.717, 1.165) is 51.1 Å². The fraction of sp³-hybridized carbons (Fsp3) is 0.526. The number of likely N-dealkylation sites (N-methyl/N-ethyl adjacent to an activating group) is 1. The fourth-order valence-corrected chi connectivity index (χ4v) is 3.57. The van der Waals surface area contributed by atoms with Gasteiger partial charge in [-0.3, -0.25) is 4.90 Å². The molecule has 1 aromatic heterocycles. The van der Waals surface area contributed by atoms with Crippen LogP contribution in [0.25, 0.3) is 5.69 Å². The van der Waals surface area contributed by atoms with E-state index in [-0.39, 0.29) is 0 Å². The predicted octanol–water partition coefficient (Wildman–Crippen LogP) is 2.15. The molecule has 0 aliphatic carbocycles. The molecule has 1 aliphatic heterocycles. The van der Waals surface area contributed by atoms with Gasteiger partial charge in [0.2, 0.25) is 0 Å². The lowest BCUT2D eigenvalue weighted by molar-refractivity contribution is 0.00258. The topological polar surface area (TPSA) is 44.5 Å². The molecule has 1 aromatic carbocycles. The van der Waals surface area contributed by atoms with Crippen molar-refractivity contribution in [2.45, 2.75) is 31.4 Å². The van der Waals surface area contributed by atoms with Crippen LogP contribution in [0.2, 0.25) is 0 Å². The number of benzene rings is 1. The number of hydrogen-bond donors (Lipinski definition) is 1. The minimum atomic E-state index is -0.539. The van der Waals surface area contributed by atoms with Crippen LogP contribution in [0.5, 0.6) is 0 Å². The lowest BCUT2D eigenvalue weighted by Crippen LogP contribution is -2.40. The molecule has 1 aliphatic rings. The first-order chi connectivity index (χ1) is 11.5. The lowest BCUT2D eigenvalue weighted by Gasteiger charge is -2.30. The van der Waals surface area contributed by atoms with Crippen LogP contribution in [-0.4, -0.2) is 64.0 Å². The summed E-state index contributed by atoms with van der Waals surface area (Å²) in [5, 5.41) is 15.0. The van der Waals surface area contributed by atoms with Gasteiger partial charge in [-0.25, -0.2) is 4.68 Å². The molecule has 5 heteroatoms. The molecule has 1 atom stereocenters. The molecule has 0 saturated carbocycles. The monoisotopic (exact) mass is 328 g/mol. The van der Waals surface area contributed by atoms with Crippen molar-refractivity contribution in [2.75, 3.05) is 33.7 Å². The van der Waals surface area contributed by atoms with Crippen molar-refractivity contribution >= 4 is 0 Å². The summed E-state index contributed by atoms with van der Waals surface area (Å²) in [4.78, 5) is 4.54. The van der Waals surface area contributed by atoms with Crippen LogP contribution in [0, 0.1) is 0 Å². The molecule has 1 fully saturated rings. The largest absolute Gasteiger partial charge is 0.389 e. The Morgan fingerprint density at radius 1 is 1.17 bits per heavy atom. The number of aliphatic hydroxyl groups is 1. The van der Waals surface area contributed by atoms with Crippen molar-refractivity contribution in [3.63, 3.8) is 0 Å². The van der Waals surface area contributed by atoms with Gasteiger partial charge in [-0.05, 0) is 63.7 Å². The highest BCUT2D eigenvalue weighted by Gasteiger charge is 2.30. The summed E-state index contributed by atoms with van der Waals surface area (Å²) in [6, 6.07) is 10.5. The second kappa shape index (κ2) is 7.47. The standard InChI is InChI=1S/C19H28N4O/c1-21(2)16-19(24)9-3-12-22(14-10-19)15-17-5-7-18(8-6-17)23-13-4-11-20-23/h4-8,11,13,24H,3,9-10,12,14-16H2,1-2H3/t19-/m1/s1. The van der Waals surface area contributed by atoms with E-state index in [0.29, 0.717) is 0 Å². The van der Waals surface area contributed by atoms with Crippen LogP contribution in [0.4, 0.5) is 0 Å². The Balaban J connectivity index is 1.58. The van der Waals surface area contributed by atoms with E-state index in [1.807, 2.05) is 31.0 Å². The minimum absolute atomic E-state index is 0.539. The minimum Gasteiger partial charge on any atom is -0.389 e. The number of rotatable bonds is 5. The zero-order valence-electron chi connectivity index (χ0n) is 14.7. The first kappa shape index (κ1) is 17.1. The average Bonchev–Trinajstić information content (AvgIpc) is 3.01. The average molecular weight is 328 g/mol. The molecule has 0 bridgehead atoms. The molecular formula is C19H28N4O. The predicted molar refractivity (Wildman–Crippen MR) is 96.2 cm³/mol. The van der Waals surface area contributed by atoms with Crippen molar-refractivity contribution in [2.24, 2.45) is 0 Å². The molecule has 5 nitrogen and oxygen atoms in total. The molecule has 1 N–H and O–H groups in total. The summed E-state index contributed by atoms with van der Waals surface area (Å²) in [5.41, 5.74) is 1.85. The van der Waals surface area contributed by atoms with Crippen LogP contribution >= 0.6 is 0 Å². The first-order valence-electron chi connectivity index (χ1n) is 8.73. The van der Waals surface area contributed by atoms with Crippen molar-refractivity contribution in [3.8, 4) is 5.69 Å². The van der Waals surface area contributed by atoms with Gasteiger partial charge in [0.05, 0.1) is 11.3 Å². The Morgan fingerprint density at radius 2 is 1.96 bits per heavy atom. The summed E-state index contributed by atoms with van der Waals surface area (Å²) >= 11 is 0. The zero-order chi connectivity index (χ0) is 17.0. The van der Waals surface area contributed by atoms with E-state index in [2.05, 4.69) is 39.2 Å². The van der Waals surface area contributed by atoms with Crippen LogP contribution < -0.4 is 0 Å². The first-order valence-corrected chi connectivity index (χ1v) is 8.73. The molecule has 3 rings (SSSR count). The highest BCUT2D eigenvalue weighted by molar-refractivity contribution is 5.33. The zero-order valence-corrected chi connectivity index (χ0v) is 14.7. The third kappa shape index (κ3) is 4.44. The lowest BCUT2D eigenvalue weighted by atomic mass is 9.94. The Morgan fingerprint density at radius 3 is 2.62 bits per heavy atom. The quantitative estimate of drug-likeness (QED) is 0.913. The molecule has 130 valence electrons. The molecule has 24 heavy (non-hydrogen) atoms. The van der Waals surface area contributed by atoms with Crippen molar-refractivity contribution < 1.29 is 5.11 Å². The summed E-state index contributed by atoms with van der Waals surface area (Å²) < 4.78 is 1.87. The van der Waals surface area contributed by atoms with E-state index >= 15 is 0 Å². The molecule has 0 amide bonds. The van der Waals surface area contributed by atoms with E-state index in [9.17, 15) is 5.11 Å². The Labute approximate surface area is 144 Å².